The quantitative estimate of drug-likeness (QED) is 0.557. The highest BCUT2D eigenvalue weighted by atomic mass is 32.1. The van der Waals surface area contributed by atoms with Crippen molar-refractivity contribution < 1.29 is 29.3 Å². The average molecular weight is 519 g/mol. The van der Waals surface area contributed by atoms with Gasteiger partial charge in [0.2, 0.25) is 11.8 Å². The zero-order chi connectivity index (χ0) is 26.6. The van der Waals surface area contributed by atoms with Crippen molar-refractivity contribution in [2.75, 3.05) is 31.2 Å². The number of thiophene rings is 1. The smallest absolute Gasteiger partial charge is 0.348 e. The molecule has 0 radical (unpaired) electrons. The lowest BCUT2D eigenvalue weighted by Gasteiger charge is -2.39. The van der Waals surface area contributed by atoms with E-state index in [0.29, 0.717) is 49.9 Å². The summed E-state index contributed by atoms with van der Waals surface area (Å²) in [6.07, 6.45) is 1.89. The molecule has 0 spiro atoms. The Balaban J connectivity index is 2.11. The van der Waals surface area contributed by atoms with E-state index in [1.54, 1.807) is 11.0 Å². The summed E-state index contributed by atoms with van der Waals surface area (Å²) in [5, 5.41) is 20.9. The number of nitrogens with zero attached hydrogens (tertiary/aromatic N) is 2. The van der Waals surface area contributed by atoms with Gasteiger partial charge in [-0.05, 0) is 65.4 Å². The van der Waals surface area contributed by atoms with Gasteiger partial charge in [0.05, 0.1) is 29.9 Å². The number of ether oxygens (including phenoxy) is 1. The molecular weight excluding hydrogens is 480 g/mol. The Hall–Kier alpha value is -2.41. The first-order valence-electron chi connectivity index (χ1n) is 12.7. The molecule has 1 aliphatic heterocycles. The van der Waals surface area contributed by atoms with E-state index < -0.39 is 24.0 Å². The van der Waals surface area contributed by atoms with E-state index in [2.05, 4.69) is 18.8 Å². The lowest BCUT2D eigenvalue weighted by Crippen LogP contribution is -2.59. The summed E-state index contributed by atoms with van der Waals surface area (Å²) in [5.41, 5.74) is -0.169. The predicted octanol–water partition coefficient (Wildman–Crippen LogP) is 3.61. The third kappa shape index (κ3) is 6.87. The van der Waals surface area contributed by atoms with Crippen LogP contribution in [0.2, 0.25) is 0 Å². The number of hydrogen-bond acceptors (Lipinski definition) is 6. The van der Waals surface area contributed by atoms with Crippen LogP contribution < -0.4 is 4.90 Å². The molecule has 9 heteroatoms. The van der Waals surface area contributed by atoms with Gasteiger partial charge < -0.3 is 19.8 Å². The fraction of sp³-hybridized carbons (Fsp3) is 0.667. The summed E-state index contributed by atoms with van der Waals surface area (Å²) in [5.74, 6) is 4.39. The standard InChI is InChI=1S/C27H38N2O6S/c1-17-6-8-19(9-7-17)24(31)29(22(18(2)30)25(32)28-12-14-35-15-13-28)21-16-20(10-11-27(3,4)5)36-23(21)26(33)34/h16-19,22,30H,6-9,12-15H2,1-5H3,(H,33,34)/t17-,18-,19-,22+/m1/s1. The molecule has 2 fully saturated rings. The number of hydrogen-bond donors (Lipinski definition) is 2. The Morgan fingerprint density at radius 3 is 2.31 bits per heavy atom. The average Bonchev–Trinajstić information content (AvgIpc) is 3.25. The maximum absolute atomic E-state index is 14.0. The van der Waals surface area contributed by atoms with Gasteiger partial charge in [0.15, 0.2) is 0 Å². The van der Waals surface area contributed by atoms with Crippen molar-refractivity contribution in [3.8, 4) is 11.8 Å². The van der Waals surface area contributed by atoms with Crippen LogP contribution in [0, 0.1) is 29.1 Å². The van der Waals surface area contributed by atoms with Crippen molar-refractivity contribution in [1.29, 1.82) is 0 Å². The first-order chi connectivity index (χ1) is 16.9. The third-order valence-electron chi connectivity index (χ3n) is 6.64. The molecule has 2 heterocycles. The maximum Gasteiger partial charge on any atom is 0.348 e. The highest BCUT2D eigenvalue weighted by Crippen LogP contribution is 2.37. The molecule has 1 saturated carbocycles. The van der Waals surface area contributed by atoms with Gasteiger partial charge >= 0.3 is 5.97 Å². The van der Waals surface area contributed by atoms with Gasteiger partial charge in [0, 0.05) is 24.4 Å². The zero-order valence-electron chi connectivity index (χ0n) is 21.9. The van der Waals surface area contributed by atoms with Gasteiger partial charge in [-0.1, -0.05) is 18.8 Å². The van der Waals surface area contributed by atoms with E-state index in [4.69, 9.17) is 4.74 Å². The van der Waals surface area contributed by atoms with E-state index in [-0.39, 0.29) is 27.8 Å². The monoisotopic (exact) mass is 518 g/mol. The minimum atomic E-state index is -1.24. The first-order valence-corrected chi connectivity index (χ1v) is 13.5. The van der Waals surface area contributed by atoms with Crippen molar-refractivity contribution in [3.63, 3.8) is 0 Å². The van der Waals surface area contributed by atoms with Crippen LogP contribution in [0.1, 0.15) is 74.9 Å². The molecule has 2 aliphatic rings. The SMILES string of the molecule is C[C@@H](O)[C@@H](C(=O)N1CCOCC1)N(c1cc(C#CC(C)(C)C)sc1C(=O)O)C(=O)[C@H]1CC[C@H](C)CC1. The molecule has 1 aliphatic carbocycles. The van der Waals surface area contributed by atoms with Crippen molar-refractivity contribution >= 4 is 34.8 Å². The molecule has 8 nitrogen and oxygen atoms in total. The topological polar surface area (TPSA) is 107 Å². The minimum Gasteiger partial charge on any atom is -0.477 e. The van der Waals surface area contributed by atoms with Crippen molar-refractivity contribution in [2.45, 2.75) is 72.4 Å². The first kappa shape index (κ1) is 28.2. The van der Waals surface area contributed by atoms with Crippen LogP contribution in [0.15, 0.2) is 6.07 Å². The Morgan fingerprint density at radius 2 is 1.78 bits per heavy atom. The molecule has 3 rings (SSSR count). The second kappa shape index (κ2) is 11.8. The Bertz CT molecular complexity index is 1020. The summed E-state index contributed by atoms with van der Waals surface area (Å²) in [6, 6.07) is 0.337. The van der Waals surface area contributed by atoms with Gasteiger partial charge in [-0.25, -0.2) is 4.79 Å². The number of morpholine rings is 1. The largest absolute Gasteiger partial charge is 0.477 e. The van der Waals surface area contributed by atoms with E-state index in [1.807, 2.05) is 20.8 Å². The molecule has 1 aromatic heterocycles. The Morgan fingerprint density at radius 1 is 1.17 bits per heavy atom. The molecular formula is C27H38N2O6S. The summed E-state index contributed by atoms with van der Waals surface area (Å²) < 4.78 is 5.37. The maximum atomic E-state index is 14.0. The predicted molar refractivity (Wildman–Crippen MR) is 139 cm³/mol. The fourth-order valence-electron chi connectivity index (χ4n) is 4.64. The zero-order valence-corrected chi connectivity index (χ0v) is 22.7. The second-order valence-corrected chi connectivity index (χ2v) is 12.0. The van der Waals surface area contributed by atoms with Gasteiger partial charge in [0.1, 0.15) is 10.9 Å². The Kier molecular flexibility index (Phi) is 9.20. The van der Waals surface area contributed by atoms with Crippen LogP contribution >= 0.6 is 11.3 Å². The lowest BCUT2D eigenvalue weighted by atomic mass is 9.82. The van der Waals surface area contributed by atoms with Gasteiger partial charge in [-0.15, -0.1) is 11.3 Å². The molecule has 36 heavy (non-hydrogen) atoms. The number of aromatic carboxylic acids is 1. The van der Waals surface area contributed by atoms with Gasteiger partial charge in [0.25, 0.3) is 0 Å². The van der Waals surface area contributed by atoms with Crippen molar-refractivity contribution in [2.24, 2.45) is 17.3 Å². The highest BCUT2D eigenvalue weighted by Gasteiger charge is 2.42. The molecule has 1 saturated heterocycles. The minimum absolute atomic E-state index is 0.0637. The molecule has 198 valence electrons. The van der Waals surface area contributed by atoms with E-state index in [9.17, 15) is 24.6 Å². The lowest BCUT2D eigenvalue weighted by molar-refractivity contribution is -0.141. The van der Waals surface area contributed by atoms with Crippen LogP contribution in [-0.2, 0) is 14.3 Å². The van der Waals surface area contributed by atoms with Crippen LogP contribution in [0.5, 0.6) is 0 Å². The van der Waals surface area contributed by atoms with Crippen LogP contribution in [0.25, 0.3) is 0 Å². The molecule has 0 bridgehead atoms. The van der Waals surface area contributed by atoms with Crippen LogP contribution in [0.4, 0.5) is 5.69 Å². The Labute approximate surface area is 217 Å². The number of carbonyl (C=O) groups excluding carboxylic acids is 2. The molecule has 2 N–H and O–H groups in total. The van der Waals surface area contributed by atoms with Crippen LogP contribution in [0.3, 0.4) is 0 Å². The highest BCUT2D eigenvalue weighted by molar-refractivity contribution is 7.15. The summed E-state index contributed by atoms with van der Waals surface area (Å²) in [6.45, 7) is 10.9. The molecule has 0 unspecified atom stereocenters. The summed E-state index contributed by atoms with van der Waals surface area (Å²) in [7, 11) is 0. The third-order valence-corrected chi connectivity index (χ3v) is 7.67. The number of carbonyl (C=O) groups is 3. The van der Waals surface area contributed by atoms with E-state index in [0.717, 1.165) is 24.2 Å². The number of amides is 2. The molecule has 0 aromatic carbocycles. The van der Waals surface area contributed by atoms with Crippen LogP contribution in [-0.4, -0.2) is 71.3 Å². The fourth-order valence-corrected chi connectivity index (χ4v) is 5.48. The summed E-state index contributed by atoms with van der Waals surface area (Å²) >= 11 is 0.984. The number of rotatable bonds is 6. The number of carboxylic acid groups (broad SMARTS) is 1. The molecule has 2 atom stereocenters. The van der Waals surface area contributed by atoms with Gasteiger partial charge in [-0.3, -0.25) is 14.5 Å². The summed E-state index contributed by atoms with van der Waals surface area (Å²) in [4.78, 5) is 43.3. The number of carboxylic acids is 1. The van der Waals surface area contributed by atoms with Crippen molar-refractivity contribution in [1.82, 2.24) is 4.90 Å². The van der Waals surface area contributed by atoms with Crippen molar-refractivity contribution in [3.05, 3.63) is 15.8 Å². The molecule has 2 amide bonds. The van der Waals surface area contributed by atoms with Gasteiger partial charge in [-0.2, -0.15) is 0 Å². The number of aliphatic hydroxyl groups excluding tert-OH is 1. The normalized spacial score (nSPS) is 22.2. The number of aliphatic hydroxyl groups is 1. The van der Waals surface area contributed by atoms with E-state index in [1.165, 1.54) is 11.8 Å². The number of anilines is 1. The van der Waals surface area contributed by atoms with E-state index >= 15 is 0 Å². The molecule has 1 aromatic rings. The second-order valence-electron chi connectivity index (χ2n) is 10.9.